The molecule has 0 spiro atoms. The largest absolute Gasteiger partial charge is 0.301 e. The molecule has 6 nitrogen and oxygen atoms in total. The fraction of sp³-hybridized carbons (Fsp3) is 0.158. The Morgan fingerprint density at radius 3 is 2.59 bits per heavy atom. The van der Waals surface area contributed by atoms with Crippen LogP contribution >= 0.6 is 23.1 Å². The van der Waals surface area contributed by atoms with Crippen molar-refractivity contribution < 1.29 is 9.72 Å². The van der Waals surface area contributed by atoms with Crippen LogP contribution in [0.15, 0.2) is 58.8 Å². The fourth-order valence-corrected chi connectivity index (χ4v) is 4.01. The highest BCUT2D eigenvalue weighted by Crippen LogP contribution is 2.29. The summed E-state index contributed by atoms with van der Waals surface area (Å²) in [7, 11) is 0. The molecule has 2 aromatic carbocycles. The number of carbonyl (C=O) groups is 1. The Balaban J connectivity index is 1.63. The number of rotatable bonds is 6. The number of aromatic nitrogens is 1. The zero-order chi connectivity index (χ0) is 19.4. The monoisotopic (exact) mass is 399 g/mol. The Labute approximate surface area is 164 Å². The minimum atomic E-state index is -0.445. The summed E-state index contributed by atoms with van der Waals surface area (Å²) in [5, 5.41) is 15.7. The van der Waals surface area contributed by atoms with Crippen molar-refractivity contribution >= 4 is 39.8 Å². The van der Waals surface area contributed by atoms with Gasteiger partial charge < -0.3 is 5.32 Å². The Morgan fingerprint density at radius 1 is 1.22 bits per heavy atom. The minimum Gasteiger partial charge on any atom is -0.301 e. The molecule has 1 unspecified atom stereocenters. The van der Waals surface area contributed by atoms with E-state index in [4.69, 9.17) is 0 Å². The molecule has 0 aliphatic rings. The molecule has 1 aromatic heterocycles. The van der Waals surface area contributed by atoms with Crippen LogP contribution in [0.4, 0.5) is 10.8 Å². The van der Waals surface area contributed by atoms with Crippen LogP contribution in [0.2, 0.25) is 0 Å². The molecule has 27 heavy (non-hydrogen) atoms. The smallest absolute Gasteiger partial charge is 0.269 e. The van der Waals surface area contributed by atoms with Gasteiger partial charge in [0.05, 0.1) is 15.9 Å². The highest BCUT2D eigenvalue weighted by atomic mass is 32.2. The summed E-state index contributed by atoms with van der Waals surface area (Å²) >= 11 is 2.72. The first kappa shape index (κ1) is 19.1. The fourth-order valence-electron chi connectivity index (χ4n) is 2.43. The first-order valence-corrected chi connectivity index (χ1v) is 9.93. The summed E-state index contributed by atoms with van der Waals surface area (Å²) in [4.78, 5) is 28.0. The molecule has 8 heteroatoms. The normalized spacial score (nSPS) is 11.8. The summed E-state index contributed by atoms with van der Waals surface area (Å²) in [6.45, 7) is 3.81. The number of carbonyl (C=O) groups excluding carboxylic acids is 1. The van der Waals surface area contributed by atoms with Gasteiger partial charge in [-0.3, -0.25) is 14.9 Å². The van der Waals surface area contributed by atoms with E-state index in [2.05, 4.69) is 10.3 Å². The van der Waals surface area contributed by atoms with Crippen LogP contribution in [0.3, 0.4) is 0 Å². The highest BCUT2D eigenvalue weighted by molar-refractivity contribution is 8.00. The third-order valence-corrected chi connectivity index (χ3v) is 5.75. The third-order valence-electron chi connectivity index (χ3n) is 3.88. The van der Waals surface area contributed by atoms with Crippen molar-refractivity contribution in [2.75, 3.05) is 5.32 Å². The Morgan fingerprint density at radius 2 is 1.93 bits per heavy atom. The number of benzene rings is 2. The van der Waals surface area contributed by atoms with E-state index in [-0.39, 0.29) is 16.8 Å². The lowest BCUT2D eigenvalue weighted by atomic mass is 10.1. The number of thioether (sulfide) groups is 1. The van der Waals surface area contributed by atoms with Gasteiger partial charge in [-0.1, -0.05) is 24.3 Å². The lowest BCUT2D eigenvalue weighted by Gasteiger charge is -2.10. The van der Waals surface area contributed by atoms with Gasteiger partial charge in [0.25, 0.3) is 5.69 Å². The molecule has 3 rings (SSSR count). The van der Waals surface area contributed by atoms with Gasteiger partial charge in [-0.05, 0) is 31.5 Å². The number of amides is 1. The van der Waals surface area contributed by atoms with E-state index in [1.54, 1.807) is 19.1 Å². The molecule has 1 N–H and O–H groups in total. The van der Waals surface area contributed by atoms with Gasteiger partial charge >= 0.3 is 0 Å². The van der Waals surface area contributed by atoms with Gasteiger partial charge in [0.15, 0.2) is 5.13 Å². The van der Waals surface area contributed by atoms with Gasteiger partial charge in [-0.25, -0.2) is 4.98 Å². The van der Waals surface area contributed by atoms with E-state index in [0.717, 1.165) is 21.7 Å². The molecule has 3 aromatic rings. The number of non-ortho nitro benzene ring substituents is 1. The van der Waals surface area contributed by atoms with Gasteiger partial charge in [-0.15, -0.1) is 23.1 Å². The zero-order valence-electron chi connectivity index (χ0n) is 14.7. The first-order valence-electron chi connectivity index (χ1n) is 8.17. The van der Waals surface area contributed by atoms with Crippen molar-refractivity contribution in [2.45, 2.75) is 24.0 Å². The van der Waals surface area contributed by atoms with Gasteiger partial charge in [-0.2, -0.15) is 0 Å². The summed E-state index contributed by atoms with van der Waals surface area (Å²) in [6.07, 6.45) is 0. The van der Waals surface area contributed by atoms with Crippen molar-refractivity contribution in [1.82, 2.24) is 4.98 Å². The van der Waals surface area contributed by atoms with Crippen LogP contribution in [0, 0.1) is 17.0 Å². The number of nitrogens with zero attached hydrogens (tertiary/aromatic N) is 2. The van der Waals surface area contributed by atoms with Crippen LogP contribution in [-0.4, -0.2) is 21.1 Å². The van der Waals surface area contributed by atoms with Crippen LogP contribution < -0.4 is 5.32 Å². The van der Waals surface area contributed by atoms with Crippen LogP contribution in [0.25, 0.3) is 11.3 Å². The summed E-state index contributed by atoms with van der Waals surface area (Å²) < 4.78 is 0. The van der Waals surface area contributed by atoms with E-state index in [9.17, 15) is 14.9 Å². The maximum atomic E-state index is 12.4. The molecule has 138 valence electrons. The number of nitrogens with one attached hydrogen (secondary N) is 1. The summed E-state index contributed by atoms with van der Waals surface area (Å²) in [5.74, 6) is -0.163. The molecule has 1 atom stereocenters. The number of thiazole rings is 1. The maximum absolute atomic E-state index is 12.4. The Hall–Kier alpha value is -2.71. The van der Waals surface area contributed by atoms with Crippen molar-refractivity contribution in [3.05, 3.63) is 69.6 Å². The second kappa shape index (κ2) is 8.32. The van der Waals surface area contributed by atoms with Crippen LogP contribution in [0.1, 0.15) is 12.5 Å². The predicted octanol–water partition coefficient (Wildman–Crippen LogP) is 5.15. The standard InChI is InChI=1S/C19H17N3O3S2/c1-12-5-3-4-6-16(12)17-11-26-19(20-17)21-18(23)13(2)27-15-9-7-14(8-10-15)22(24)25/h3-11,13H,1-2H3,(H,20,21,23). The summed E-state index contributed by atoms with van der Waals surface area (Å²) in [5.41, 5.74) is 3.04. The van der Waals surface area contributed by atoms with Crippen molar-refractivity contribution in [2.24, 2.45) is 0 Å². The van der Waals surface area contributed by atoms with Crippen LogP contribution in [0.5, 0.6) is 0 Å². The Bertz CT molecular complexity index is 970. The van der Waals surface area contributed by atoms with E-state index >= 15 is 0 Å². The van der Waals surface area contributed by atoms with Gasteiger partial charge in [0.1, 0.15) is 0 Å². The zero-order valence-corrected chi connectivity index (χ0v) is 16.3. The highest BCUT2D eigenvalue weighted by Gasteiger charge is 2.17. The van der Waals surface area contributed by atoms with Gasteiger partial charge in [0.2, 0.25) is 5.91 Å². The molecule has 0 aliphatic carbocycles. The molecule has 0 bridgehead atoms. The maximum Gasteiger partial charge on any atom is 0.269 e. The van der Waals surface area contributed by atoms with Crippen LogP contribution in [-0.2, 0) is 4.79 Å². The molecular formula is C19H17N3O3S2. The van der Waals surface area contributed by atoms with Gasteiger partial charge in [0, 0.05) is 28.0 Å². The molecule has 1 amide bonds. The molecule has 1 heterocycles. The number of hydrogen-bond donors (Lipinski definition) is 1. The third kappa shape index (κ3) is 4.72. The molecule has 0 saturated carbocycles. The molecular weight excluding hydrogens is 382 g/mol. The number of aryl methyl sites for hydroxylation is 1. The number of nitro groups is 1. The SMILES string of the molecule is Cc1ccccc1-c1csc(NC(=O)C(C)Sc2ccc([N+](=O)[O-])cc2)n1. The number of nitro benzene ring substituents is 1. The molecule has 0 saturated heterocycles. The van der Waals surface area contributed by atoms with E-state index in [1.807, 2.05) is 36.6 Å². The van der Waals surface area contributed by atoms with Crippen molar-refractivity contribution in [3.63, 3.8) is 0 Å². The molecule has 0 aliphatic heterocycles. The average Bonchev–Trinajstić information content (AvgIpc) is 3.10. The quantitative estimate of drug-likeness (QED) is 0.352. The Kier molecular flexibility index (Phi) is 5.88. The lowest BCUT2D eigenvalue weighted by Crippen LogP contribution is -2.22. The van der Waals surface area contributed by atoms with E-state index in [1.165, 1.54) is 35.2 Å². The second-order valence-electron chi connectivity index (χ2n) is 5.85. The summed E-state index contributed by atoms with van der Waals surface area (Å²) in [6, 6.07) is 14.1. The number of hydrogen-bond acceptors (Lipinski definition) is 6. The molecule has 0 radical (unpaired) electrons. The first-order chi connectivity index (χ1) is 12.9. The average molecular weight is 399 g/mol. The van der Waals surface area contributed by atoms with Crippen molar-refractivity contribution in [1.29, 1.82) is 0 Å². The topological polar surface area (TPSA) is 85.1 Å². The number of anilines is 1. The molecule has 0 fully saturated rings. The van der Waals surface area contributed by atoms with E-state index in [0.29, 0.717) is 5.13 Å². The predicted molar refractivity (Wildman–Crippen MR) is 109 cm³/mol. The minimum absolute atomic E-state index is 0.0305. The van der Waals surface area contributed by atoms with E-state index < -0.39 is 4.92 Å². The lowest BCUT2D eigenvalue weighted by molar-refractivity contribution is -0.384. The van der Waals surface area contributed by atoms with Crippen molar-refractivity contribution in [3.8, 4) is 11.3 Å². The second-order valence-corrected chi connectivity index (χ2v) is 8.13.